The van der Waals surface area contributed by atoms with Crippen LogP contribution in [0.4, 0.5) is 4.39 Å². The van der Waals surface area contributed by atoms with Gasteiger partial charge in [-0.25, -0.2) is 4.39 Å². The van der Waals surface area contributed by atoms with Gasteiger partial charge in [0, 0.05) is 16.1 Å². The van der Waals surface area contributed by atoms with Gasteiger partial charge in [0.1, 0.15) is 5.82 Å². The lowest BCUT2D eigenvalue weighted by Gasteiger charge is -2.14. The van der Waals surface area contributed by atoms with Gasteiger partial charge in [-0.1, -0.05) is 47.5 Å². The van der Waals surface area contributed by atoms with E-state index in [1.165, 1.54) is 6.07 Å². The molecule has 2 rings (SSSR count). The van der Waals surface area contributed by atoms with E-state index in [4.69, 9.17) is 28.9 Å². The highest BCUT2D eigenvalue weighted by Crippen LogP contribution is 2.27. The van der Waals surface area contributed by atoms with Gasteiger partial charge in [0.05, 0.1) is 0 Å². The lowest BCUT2D eigenvalue weighted by molar-refractivity contribution is 0.593. The number of benzene rings is 2. The maximum Gasteiger partial charge on any atom is 0.126 e. The zero-order chi connectivity index (χ0) is 13.1. The second-order valence-corrected chi connectivity index (χ2v) is 4.91. The van der Waals surface area contributed by atoms with Crippen LogP contribution < -0.4 is 5.73 Å². The molecule has 2 aromatic carbocycles. The third-order valence-corrected chi connectivity index (χ3v) is 3.32. The van der Waals surface area contributed by atoms with Crippen LogP contribution in [0.2, 0.25) is 10.0 Å². The Morgan fingerprint density at radius 1 is 1.11 bits per heavy atom. The molecule has 0 aliphatic carbocycles. The molecule has 0 aliphatic heterocycles. The van der Waals surface area contributed by atoms with Crippen LogP contribution in [0.25, 0.3) is 0 Å². The Hall–Kier alpha value is -1.09. The largest absolute Gasteiger partial charge is 0.324 e. The van der Waals surface area contributed by atoms with Gasteiger partial charge in [-0.3, -0.25) is 0 Å². The summed E-state index contributed by atoms with van der Waals surface area (Å²) in [7, 11) is 0. The average Bonchev–Trinajstić information content (AvgIpc) is 2.32. The first kappa shape index (κ1) is 13.3. The van der Waals surface area contributed by atoms with E-state index in [9.17, 15) is 4.39 Å². The maximum atomic E-state index is 13.5. The molecule has 2 aromatic rings. The van der Waals surface area contributed by atoms with Gasteiger partial charge in [0.2, 0.25) is 0 Å². The molecule has 4 heteroatoms. The fourth-order valence-corrected chi connectivity index (χ4v) is 2.36. The zero-order valence-electron chi connectivity index (χ0n) is 9.54. The first-order valence-corrected chi connectivity index (χ1v) is 6.27. The Morgan fingerprint density at radius 2 is 1.83 bits per heavy atom. The summed E-state index contributed by atoms with van der Waals surface area (Å²) in [5.41, 5.74) is 7.40. The molecule has 94 valence electrons. The smallest absolute Gasteiger partial charge is 0.126 e. The van der Waals surface area contributed by atoms with Crippen molar-refractivity contribution in [2.45, 2.75) is 12.5 Å². The molecule has 0 bridgehead atoms. The third kappa shape index (κ3) is 3.02. The molecule has 0 fully saturated rings. The average molecular weight is 284 g/mol. The van der Waals surface area contributed by atoms with Gasteiger partial charge in [-0.05, 0) is 35.7 Å². The normalized spacial score (nSPS) is 12.4. The number of hydrogen-bond donors (Lipinski definition) is 1. The Labute approximate surface area is 115 Å². The van der Waals surface area contributed by atoms with Gasteiger partial charge in [-0.15, -0.1) is 0 Å². The van der Waals surface area contributed by atoms with E-state index in [-0.39, 0.29) is 11.9 Å². The second kappa shape index (κ2) is 5.70. The van der Waals surface area contributed by atoms with Crippen LogP contribution in [0.1, 0.15) is 17.2 Å². The van der Waals surface area contributed by atoms with Crippen LogP contribution in [0.15, 0.2) is 42.5 Å². The molecule has 0 aliphatic rings. The van der Waals surface area contributed by atoms with Crippen molar-refractivity contribution in [1.82, 2.24) is 0 Å². The summed E-state index contributed by atoms with van der Waals surface area (Å²) in [5.74, 6) is -0.252. The molecular weight excluding hydrogens is 272 g/mol. The first-order chi connectivity index (χ1) is 8.58. The number of halogens is 3. The van der Waals surface area contributed by atoms with Crippen LogP contribution >= 0.6 is 23.2 Å². The lowest BCUT2D eigenvalue weighted by Crippen LogP contribution is -2.14. The molecule has 18 heavy (non-hydrogen) atoms. The van der Waals surface area contributed by atoms with Crippen molar-refractivity contribution >= 4 is 23.2 Å². The fourth-order valence-electron chi connectivity index (χ4n) is 1.81. The van der Waals surface area contributed by atoms with E-state index in [0.29, 0.717) is 22.0 Å². The summed E-state index contributed by atoms with van der Waals surface area (Å²) < 4.78 is 13.5. The highest BCUT2D eigenvalue weighted by atomic mass is 35.5. The Balaban J connectivity index is 2.22. The molecule has 0 amide bonds. The van der Waals surface area contributed by atoms with E-state index in [1.807, 2.05) is 0 Å². The number of rotatable bonds is 3. The zero-order valence-corrected chi connectivity index (χ0v) is 11.0. The van der Waals surface area contributed by atoms with Gasteiger partial charge < -0.3 is 5.73 Å². The van der Waals surface area contributed by atoms with Gasteiger partial charge in [-0.2, -0.15) is 0 Å². The molecule has 0 aromatic heterocycles. The van der Waals surface area contributed by atoms with Crippen molar-refractivity contribution in [1.29, 1.82) is 0 Å². The topological polar surface area (TPSA) is 26.0 Å². The van der Waals surface area contributed by atoms with Crippen molar-refractivity contribution in [2.75, 3.05) is 0 Å². The predicted molar refractivity (Wildman–Crippen MR) is 73.5 cm³/mol. The molecule has 0 heterocycles. The van der Waals surface area contributed by atoms with Crippen LogP contribution in [-0.4, -0.2) is 0 Å². The summed E-state index contributed by atoms with van der Waals surface area (Å²) in [6.07, 6.45) is 0.397. The Kier molecular flexibility index (Phi) is 4.23. The minimum Gasteiger partial charge on any atom is -0.324 e. The molecule has 1 unspecified atom stereocenters. The number of nitrogens with two attached hydrogens (primary N) is 1. The van der Waals surface area contributed by atoms with Crippen LogP contribution in [0, 0.1) is 5.82 Å². The standard InChI is InChI=1S/C14H12Cl2FN/c15-10-5-6-11(12(16)8-10)14(18)7-9-3-1-2-4-13(9)17/h1-6,8,14H,7,18H2. The van der Waals surface area contributed by atoms with E-state index in [0.717, 1.165) is 5.56 Å². The van der Waals surface area contributed by atoms with Crippen molar-refractivity contribution < 1.29 is 4.39 Å². The molecule has 1 nitrogen and oxygen atoms in total. The molecule has 0 saturated carbocycles. The van der Waals surface area contributed by atoms with E-state index >= 15 is 0 Å². The summed E-state index contributed by atoms with van der Waals surface area (Å²) in [5, 5.41) is 1.06. The monoisotopic (exact) mass is 283 g/mol. The molecule has 0 spiro atoms. The summed E-state index contributed by atoms with van der Waals surface area (Å²) >= 11 is 11.9. The predicted octanol–water partition coefficient (Wildman–Crippen LogP) is 4.38. The second-order valence-electron chi connectivity index (χ2n) is 4.07. The molecule has 2 N–H and O–H groups in total. The van der Waals surface area contributed by atoms with E-state index < -0.39 is 0 Å². The summed E-state index contributed by atoms with van der Waals surface area (Å²) in [4.78, 5) is 0. The minimum absolute atomic E-state index is 0.252. The van der Waals surface area contributed by atoms with E-state index in [2.05, 4.69) is 0 Å². The highest BCUT2D eigenvalue weighted by Gasteiger charge is 2.13. The molecule has 0 radical (unpaired) electrons. The van der Waals surface area contributed by atoms with E-state index in [1.54, 1.807) is 36.4 Å². The summed E-state index contributed by atoms with van der Waals surface area (Å²) in [6.45, 7) is 0. The van der Waals surface area contributed by atoms with Gasteiger partial charge in [0.15, 0.2) is 0 Å². The Bertz CT molecular complexity index is 557. The fraction of sp³-hybridized carbons (Fsp3) is 0.143. The van der Waals surface area contributed by atoms with Crippen LogP contribution in [-0.2, 0) is 6.42 Å². The molecule has 0 saturated heterocycles. The van der Waals surface area contributed by atoms with Crippen molar-refractivity contribution in [3.8, 4) is 0 Å². The minimum atomic E-state index is -0.355. The Morgan fingerprint density at radius 3 is 2.50 bits per heavy atom. The quantitative estimate of drug-likeness (QED) is 0.889. The number of hydrogen-bond acceptors (Lipinski definition) is 1. The molecule has 1 atom stereocenters. The van der Waals surface area contributed by atoms with Crippen molar-refractivity contribution in [2.24, 2.45) is 5.73 Å². The van der Waals surface area contributed by atoms with Crippen LogP contribution in [0.3, 0.4) is 0 Å². The third-order valence-electron chi connectivity index (χ3n) is 2.76. The van der Waals surface area contributed by atoms with Crippen molar-refractivity contribution in [3.05, 3.63) is 69.5 Å². The lowest BCUT2D eigenvalue weighted by atomic mass is 9.99. The van der Waals surface area contributed by atoms with Crippen molar-refractivity contribution in [3.63, 3.8) is 0 Å². The van der Waals surface area contributed by atoms with Gasteiger partial charge in [0.25, 0.3) is 0 Å². The highest BCUT2D eigenvalue weighted by molar-refractivity contribution is 6.35. The van der Waals surface area contributed by atoms with Gasteiger partial charge >= 0.3 is 0 Å². The first-order valence-electron chi connectivity index (χ1n) is 5.52. The summed E-state index contributed by atoms with van der Waals surface area (Å²) in [6, 6.07) is 11.4. The molecular formula is C14H12Cl2FN. The maximum absolute atomic E-state index is 13.5. The SMILES string of the molecule is NC(Cc1ccccc1F)c1ccc(Cl)cc1Cl. The van der Waals surface area contributed by atoms with Crippen LogP contribution in [0.5, 0.6) is 0 Å².